The Bertz CT molecular complexity index is 1330. The molecule has 0 unspecified atom stereocenters. The molecule has 2 N–H and O–H groups in total. The number of carbonyl (C=O) groups is 1. The number of anilines is 1. The van der Waals surface area contributed by atoms with E-state index in [1.54, 1.807) is 31.2 Å². The van der Waals surface area contributed by atoms with E-state index in [1.165, 1.54) is 6.07 Å². The highest BCUT2D eigenvalue weighted by molar-refractivity contribution is 7.92. The summed E-state index contributed by atoms with van der Waals surface area (Å²) in [5.74, 6) is 0.427. The third-order valence-corrected chi connectivity index (χ3v) is 7.44. The summed E-state index contributed by atoms with van der Waals surface area (Å²) in [7, 11) is -3.87. The number of nitrogens with one attached hydrogen (secondary N) is 2. The predicted molar refractivity (Wildman–Crippen MR) is 141 cm³/mol. The van der Waals surface area contributed by atoms with Crippen LogP contribution in [-0.2, 0) is 15.4 Å². The van der Waals surface area contributed by atoms with Crippen molar-refractivity contribution in [2.45, 2.75) is 51.9 Å². The maximum absolute atomic E-state index is 13.1. The molecule has 3 rings (SSSR count). The van der Waals surface area contributed by atoms with Gasteiger partial charge in [-0.3, -0.25) is 9.52 Å². The standard InChI is InChI=1S/C28H34N2O4S/c1-19-10-9-12-24(21(19)3)30-35(32,33)26-18-22(15-14-20(26)2)27(31)29-16-17-34-25-13-8-7-11-23(25)28(4,5)6/h7-15,18,30H,16-17H2,1-6H3,(H,29,31). The van der Waals surface area contributed by atoms with Crippen LogP contribution in [0, 0.1) is 20.8 Å². The molecule has 0 heterocycles. The van der Waals surface area contributed by atoms with Crippen LogP contribution < -0.4 is 14.8 Å². The summed E-state index contributed by atoms with van der Waals surface area (Å²) < 4.78 is 34.8. The van der Waals surface area contributed by atoms with Gasteiger partial charge in [-0.15, -0.1) is 0 Å². The Hall–Kier alpha value is -3.32. The molecule has 1 amide bonds. The number of benzene rings is 3. The fourth-order valence-corrected chi connectivity index (χ4v) is 5.13. The van der Waals surface area contributed by atoms with Crippen LogP contribution in [0.4, 0.5) is 5.69 Å². The van der Waals surface area contributed by atoms with Gasteiger partial charge in [0, 0.05) is 5.56 Å². The lowest BCUT2D eigenvalue weighted by molar-refractivity contribution is 0.0946. The maximum atomic E-state index is 13.1. The van der Waals surface area contributed by atoms with E-state index in [0.29, 0.717) is 17.9 Å². The summed E-state index contributed by atoms with van der Waals surface area (Å²) in [6.07, 6.45) is 0. The zero-order valence-electron chi connectivity index (χ0n) is 21.2. The molecule has 0 saturated heterocycles. The van der Waals surface area contributed by atoms with Crippen molar-refractivity contribution in [2.24, 2.45) is 0 Å². The molecule has 0 radical (unpaired) electrons. The van der Waals surface area contributed by atoms with Crippen LogP contribution in [0.2, 0.25) is 0 Å². The van der Waals surface area contributed by atoms with Crippen LogP contribution in [0.1, 0.15) is 53.4 Å². The fourth-order valence-electron chi connectivity index (χ4n) is 3.73. The summed E-state index contributed by atoms with van der Waals surface area (Å²) in [5, 5.41) is 2.81. The molecule has 3 aromatic rings. The Morgan fingerprint density at radius 2 is 1.63 bits per heavy atom. The average Bonchev–Trinajstić information content (AvgIpc) is 2.79. The van der Waals surface area contributed by atoms with Crippen LogP contribution in [0.15, 0.2) is 65.6 Å². The summed E-state index contributed by atoms with van der Waals surface area (Å²) >= 11 is 0. The Kier molecular flexibility index (Phi) is 7.90. The van der Waals surface area contributed by atoms with Crippen LogP contribution in [0.3, 0.4) is 0 Å². The van der Waals surface area contributed by atoms with Crippen molar-refractivity contribution < 1.29 is 17.9 Å². The fraction of sp³-hybridized carbons (Fsp3) is 0.321. The minimum absolute atomic E-state index is 0.0609. The van der Waals surface area contributed by atoms with Crippen LogP contribution in [0.25, 0.3) is 0 Å². The lowest BCUT2D eigenvalue weighted by Crippen LogP contribution is -2.28. The second-order valence-corrected chi connectivity index (χ2v) is 11.3. The van der Waals surface area contributed by atoms with Crippen LogP contribution in [-0.4, -0.2) is 27.5 Å². The number of hydrogen-bond acceptors (Lipinski definition) is 4. The first kappa shape index (κ1) is 26.3. The van der Waals surface area contributed by atoms with E-state index in [0.717, 1.165) is 22.4 Å². The topological polar surface area (TPSA) is 84.5 Å². The monoisotopic (exact) mass is 494 g/mol. The van der Waals surface area contributed by atoms with Crippen LogP contribution in [0.5, 0.6) is 5.75 Å². The highest BCUT2D eigenvalue weighted by atomic mass is 32.2. The van der Waals surface area contributed by atoms with Gasteiger partial charge in [0.1, 0.15) is 12.4 Å². The highest BCUT2D eigenvalue weighted by Gasteiger charge is 2.21. The molecule has 0 aliphatic carbocycles. The van der Waals surface area contributed by atoms with Gasteiger partial charge < -0.3 is 10.1 Å². The summed E-state index contributed by atoms with van der Waals surface area (Å²) in [4.78, 5) is 12.8. The normalized spacial score (nSPS) is 11.7. The molecule has 0 spiro atoms. The summed E-state index contributed by atoms with van der Waals surface area (Å²) in [6, 6.07) is 18.0. The zero-order chi connectivity index (χ0) is 25.8. The van der Waals surface area contributed by atoms with Crippen molar-refractivity contribution in [2.75, 3.05) is 17.9 Å². The van der Waals surface area contributed by atoms with Crippen molar-refractivity contribution in [1.82, 2.24) is 5.32 Å². The van der Waals surface area contributed by atoms with Gasteiger partial charge in [0.2, 0.25) is 0 Å². The SMILES string of the molecule is Cc1ccc(C(=O)NCCOc2ccccc2C(C)(C)C)cc1S(=O)(=O)Nc1cccc(C)c1C. The molecule has 0 aliphatic rings. The lowest BCUT2D eigenvalue weighted by atomic mass is 9.86. The smallest absolute Gasteiger partial charge is 0.262 e. The van der Waals surface area contributed by atoms with Crippen LogP contribution >= 0.6 is 0 Å². The zero-order valence-corrected chi connectivity index (χ0v) is 22.0. The van der Waals surface area contributed by atoms with E-state index in [-0.39, 0.29) is 28.3 Å². The number of hydrogen-bond donors (Lipinski definition) is 2. The molecule has 7 heteroatoms. The van der Waals surface area contributed by atoms with Gasteiger partial charge in [-0.25, -0.2) is 8.42 Å². The Balaban J connectivity index is 1.68. The number of amides is 1. The maximum Gasteiger partial charge on any atom is 0.262 e. The van der Waals surface area contributed by atoms with Gasteiger partial charge in [0.05, 0.1) is 17.1 Å². The molecule has 3 aromatic carbocycles. The first-order valence-corrected chi connectivity index (χ1v) is 13.1. The molecule has 186 valence electrons. The quantitative estimate of drug-likeness (QED) is 0.404. The van der Waals surface area contributed by atoms with Gasteiger partial charge in [-0.2, -0.15) is 0 Å². The van der Waals surface area contributed by atoms with Gasteiger partial charge in [-0.05, 0) is 72.7 Å². The lowest BCUT2D eigenvalue weighted by Gasteiger charge is -2.22. The van der Waals surface area contributed by atoms with Crippen molar-refractivity contribution in [3.63, 3.8) is 0 Å². The molecule has 0 aliphatic heterocycles. The summed E-state index contributed by atoms with van der Waals surface area (Å²) in [6.45, 7) is 12.4. The second kappa shape index (κ2) is 10.5. The average molecular weight is 495 g/mol. The molecule has 0 aromatic heterocycles. The Labute approximate surface area is 208 Å². The van der Waals surface area contributed by atoms with Gasteiger partial charge in [0.25, 0.3) is 15.9 Å². The molecular formula is C28H34N2O4S. The van der Waals surface area contributed by atoms with E-state index in [2.05, 4.69) is 30.8 Å². The minimum Gasteiger partial charge on any atom is -0.491 e. The number of sulfonamides is 1. The third-order valence-electron chi connectivity index (χ3n) is 5.93. The van der Waals surface area contributed by atoms with Gasteiger partial charge in [-0.1, -0.05) is 57.2 Å². The molecule has 0 fully saturated rings. The van der Waals surface area contributed by atoms with Crippen molar-refractivity contribution in [1.29, 1.82) is 0 Å². The Morgan fingerprint density at radius 3 is 2.34 bits per heavy atom. The molecule has 6 nitrogen and oxygen atoms in total. The van der Waals surface area contributed by atoms with Gasteiger partial charge in [0.15, 0.2) is 0 Å². The third kappa shape index (κ3) is 6.42. The van der Waals surface area contributed by atoms with E-state index < -0.39 is 10.0 Å². The molecule has 0 atom stereocenters. The molecular weight excluding hydrogens is 460 g/mol. The van der Waals surface area contributed by atoms with E-state index >= 15 is 0 Å². The van der Waals surface area contributed by atoms with Crippen molar-refractivity contribution in [3.8, 4) is 5.75 Å². The number of ether oxygens (including phenoxy) is 1. The second-order valence-electron chi connectivity index (χ2n) is 9.68. The molecule has 0 bridgehead atoms. The molecule has 35 heavy (non-hydrogen) atoms. The van der Waals surface area contributed by atoms with E-state index in [4.69, 9.17) is 4.74 Å². The van der Waals surface area contributed by atoms with E-state index in [9.17, 15) is 13.2 Å². The largest absolute Gasteiger partial charge is 0.491 e. The number of aryl methyl sites for hydroxylation is 2. The number of carbonyl (C=O) groups excluding carboxylic acids is 1. The predicted octanol–water partition coefficient (Wildman–Crippen LogP) is 5.52. The van der Waals surface area contributed by atoms with E-state index in [1.807, 2.05) is 44.2 Å². The first-order chi connectivity index (χ1) is 16.4. The first-order valence-electron chi connectivity index (χ1n) is 11.6. The van der Waals surface area contributed by atoms with Crippen molar-refractivity contribution >= 4 is 21.6 Å². The number of para-hydroxylation sites is 1. The highest BCUT2D eigenvalue weighted by Crippen LogP contribution is 2.31. The Morgan fingerprint density at radius 1 is 0.914 bits per heavy atom. The summed E-state index contributed by atoms with van der Waals surface area (Å²) in [5.41, 5.74) is 4.23. The number of rotatable bonds is 8. The van der Waals surface area contributed by atoms with Gasteiger partial charge >= 0.3 is 0 Å². The van der Waals surface area contributed by atoms with Crippen molar-refractivity contribution in [3.05, 3.63) is 88.5 Å². The minimum atomic E-state index is -3.87. The molecule has 0 saturated carbocycles.